The van der Waals surface area contributed by atoms with Crippen LogP contribution in [-0.2, 0) is 27.7 Å². The Balaban J connectivity index is 1.49. The van der Waals surface area contributed by atoms with Gasteiger partial charge in [0, 0.05) is 0 Å². The van der Waals surface area contributed by atoms with Crippen LogP contribution in [0.4, 0.5) is 10.2 Å². The lowest BCUT2D eigenvalue weighted by molar-refractivity contribution is -0.141. The van der Waals surface area contributed by atoms with Crippen molar-refractivity contribution in [1.29, 1.82) is 0 Å². The molecule has 0 aliphatic carbocycles. The van der Waals surface area contributed by atoms with Crippen LogP contribution in [0.1, 0.15) is 19.6 Å². The van der Waals surface area contributed by atoms with E-state index in [0.717, 1.165) is 0 Å². The van der Waals surface area contributed by atoms with Crippen molar-refractivity contribution in [3.05, 3.63) is 11.6 Å². The van der Waals surface area contributed by atoms with Gasteiger partial charge in [-0.3, -0.25) is 22.9 Å². The Hall–Kier alpha value is -1.89. The molecule has 0 saturated carbocycles. The summed E-state index contributed by atoms with van der Waals surface area (Å²) >= 11 is 5.83. The van der Waals surface area contributed by atoms with Gasteiger partial charge in [-0.05, 0) is 18.0 Å². The van der Waals surface area contributed by atoms with Crippen LogP contribution in [0.2, 0.25) is 5.28 Å². The summed E-state index contributed by atoms with van der Waals surface area (Å²) in [7, 11) is -4.08. The molecule has 2 aromatic rings. The average Bonchev–Trinajstić information content (AvgIpc) is 3.23. The van der Waals surface area contributed by atoms with E-state index in [-0.39, 0.29) is 41.9 Å². The van der Waals surface area contributed by atoms with Crippen molar-refractivity contribution in [2.45, 2.75) is 38.0 Å². The monoisotopic (exact) mass is 465 g/mol. The number of phosphoric acid groups is 1. The Morgan fingerprint density at radius 2 is 2.33 bits per heavy atom. The third-order valence-electron chi connectivity index (χ3n) is 4.83. The summed E-state index contributed by atoms with van der Waals surface area (Å²) in [4.78, 5) is 22.7. The van der Waals surface area contributed by atoms with Crippen LogP contribution in [-0.4, -0.2) is 62.2 Å². The van der Waals surface area contributed by atoms with Crippen LogP contribution in [0.15, 0.2) is 6.33 Å². The minimum atomic E-state index is -4.08. The van der Waals surface area contributed by atoms with Gasteiger partial charge in [-0.1, -0.05) is 6.92 Å². The van der Waals surface area contributed by atoms with Crippen molar-refractivity contribution >= 4 is 42.4 Å². The Kier molecular flexibility index (Phi) is 5.68. The van der Waals surface area contributed by atoms with Crippen LogP contribution >= 0.6 is 19.4 Å². The molecule has 0 radical (unpaired) electrons. The molecule has 2 aliphatic heterocycles. The van der Waals surface area contributed by atoms with Gasteiger partial charge in [0.2, 0.25) is 5.28 Å². The summed E-state index contributed by atoms with van der Waals surface area (Å²) in [6.45, 7) is 1.05. The largest absolute Gasteiger partial charge is 0.481 e. The number of imidazole rings is 1. The molecule has 2 fully saturated rings. The highest BCUT2D eigenvalue weighted by Crippen LogP contribution is 2.57. The van der Waals surface area contributed by atoms with Crippen LogP contribution in [0, 0.1) is 5.92 Å². The van der Waals surface area contributed by atoms with E-state index in [9.17, 15) is 9.36 Å². The van der Waals surface area contributed by atoms with Gasteiger partial charge in [-0.25, -0.2) is 13.9 Å². The summed E-state index contributed by atoms with van der Waals surface area (Å²) < 4.78 is 50.4. The van der Waals surface area contributed by atoms with Gasteiger partial charge in [-0.15, -0.1) is 0 Å². The van der Waals surface area contributed by atoms with Gasteiger partial charge in [0.15, 0.2) is 23.9 Å². The summed E-state index contributed by atoms with van der Waals surface area (Å²) in [6.07, 6.45) is -3.70. The Labute approximate surface area is 174 Å². The predicted molar refractivity (Wildman–Crippen MR) is 99.4 cm³/mol. The molecule has 3 N–H and O–H groups in total. The molecule has 15 heteroatoms. The Morgan fingerprint density at radius 1 is 1.57 bits per heavy atom. The highest BCUT2D eigenvalue weighted by atomic mass is 35.5. The predicted octanol–water partition coefficient (Wildman–Crippen LogP) is 1.95. The summed E-state index contributed by atoms with van der Waals surface area (Å²) in [5, 5.41) is 8.75. The van der Waals surface area contributed by atoms with Gasteiger partial charge < -0.3 is 15.6 Å². The number of aromatic nitrogens is 4. The third kappa shape index (κ3) is 3.88. The van der Waals surface area contributed by atoms with E-state index >= 15 is 4.39 Å². The van der Waals surface area contributed by atoms with E-state index in [0.29, 0.717) is 0 Å². The number of fused-ring (bicyclic) bond motifs is 2. The minimum absolute atomic E-state index is 0.0302. The van der Waals surface area contributed by atoms with Crippen molar-refractivity contribution in [2.75, 3.05) is 18.9 Å². The first kappa shape index (κ1) is 21.3. The Morgan fingerprint density at radius 3 is 3.07 bits per heavy atom. The molecule has 0 spiro atoms. The summed E-state index contributed by atoms with van der Waals surface area (Å²) in [5.74, 6) is -1.70. The van der Waals surface area contributed by atoms with Crippen molar-refractivity contribution in [3.8, 4) is 0 Å². The lowest BCUT2D eigenvalue weighted by Crippen LogP contribution is -2.38. The first-order valence-electron chi connectivity index (χ1n) is 8.94. The molecule has 2 aliphatic rings. The molecular weight excluding hydrogens is 448 g/mol. The standard InChI is InChI=1S/C15H18ClFN5O7P/c1-6(14(23)24)2-3-26-30(25)27-4-7-10(29-30)8(17)13(28-7)22-5-19-9-11(18)20-15(16)21-12(9)22/h5-8,10,13H,2-4H2,1H3,(H,23,24)(H2,18,20,21)/t6?,7-,8+,10-,13-,30-/m1/s1. The number of nitrogens with two attached hydrogens (primary N) is 1. The van der Waals surface area contributed by atoms with E-state index in [1.54, 1.807) is 0 Å². The van der Waals surface area contributed by atoms with Crippen LogP contribution < -0.4 is 5.73 Å². The maximum absolute atomic E-state index is 15.2. The fraction of sp³-hybridized carbons (Fsp3) is 0.600. The summed E-state index contributed by atoms with van der Waals surface area (Å²) in [6, 6.07) is 0. The molecule has 2 saturated heterocycles. The molecule has 2 aromatic heterocycles. The third-order valence-corrected chi connectivity index (χ3v) is 6.47. The van der Waals surface area contributed by atoms with E-state index in [4.69, 9.17) is 40.7 Å². The smallest absolute Gasteiger partial charge is 0.475 e. The topological polar surface area (TPSA) is 161 Å². The molecule has 164 valence electrons. The molecule has 0 aromatic carbocycles. The molecule has 12 nitrogen and oxygen atoms in total. The number of ether oxygens (including phenoxy) is 1. The van der Waals surface area contributed by atoms with Gasteiger partial charge in [0.1, 0.15) is 17.7 Å². The van der Waals surface area contributed by atoms with E-state index < -0.39 is 44.3 Å². The molecule has 30 heavy (non-hydrogen) atoms. The number of hydrogen-bond donors (Lipinski definition) is 2. The minimum Gasteiger partial charge on any atom is -0.481 e. The number of aliphatic carboxylic acids is 1. The highest BCUT2D eigenvalue weighted by molar-refractivity contribution is 7.48. The van der Waals surface area contributed by atoms with E-state index in [1.165, 1.54) is 17.8 Å². The SMILES string of the molecule is CC(CCO[P@]1(=O)OC[C@H]2O[C@@H](n3cnc4c(N)nc(Cl)nc43)[C@@H](F)[C@@H]2O1)C(=O)O. The number of hydrogen-bond acceptors (Lipinski definition) is 10. The second-order valence-electron chi connectivity index (χ2n) is 6.89. The van der Waals surface area contributed by atoms with Crippen molar-refractivity contribution < 1.29 is 37.2 Å². The van der Waals surface area contributed by atoms with Gasteiger partial charge >= 0.3 is 13.8 Å². The molecule has 4 heterocycles. The van der Waals surface area contributed by atoms with E-state index in [1.807, 2.05) is 0 Å². The van der Waals surface area contributed by atoms with Gasteiger partial charge in [-0.2, -0.15) is 9.97 Å². The Bertz CT molecular complexity index is 1020. The molecule has 4 rings (SSSR count). The zero-order valence-electron chi connectivity index (χ0n) is 15.6. The van der Waals surface area contributed by atoms with Crippen molar-refractivity contribution in [3.63, 3.8) is 0 Å². The molecular formula is C15H18ClFN5O7P. The van der Waals surface area contributed by atoms with Crippen LogP contribution in [0.25, 0.3) is 11.2 Å². The number of anilines is 1. The first-order chi connectivity index (χ1) is 14.2. The normalized spacial score (nSPS) is 32.2. The summed E-state index contributed by atoms with van der Waals surface area (Å²) in [5.41, 5.74) is 6.16. The van der Waals surface area contributed by atoms with Crippen LogP contribution in [0.3, 0.4) is 0 Å². The zero-order chi connectivity index (χ0) is 21.6. The second-order valence-corrected chi connectivity index (χ2v) is 8.85. The molecule has 0 amide bonds. The van der Waals surface area contributed by atoms with Gasteiger partial charge in [0.05, 0.1) is 25.5 Å². The lowest BCUT2D eigenvalue weighted by Gasteiger charge is -2.30. The number of carboxylic acid groups (broad SMARTS) is 1. The first-order valence-corrected chi connectivity index (χ1v) is 10.8. The number of carbonyl (C=O) groups is 1. The maximum atomic E-state index is 15.2. The fourth-order valence-corrected chi connectivity index (χ4v) is 4.73. The number of rotatable bonds is 6. The number of nitrogen functional groups attached to an aromatic ring is 1. The lowest BCUT2D eigenvalue weighted by atomic mass is 10.1. The number of phosphoric ester groups is 1. The molecule has 1 unspecified atom stereocenters. The quantitative estimate of drug-likeness (QED) is 0.473. The molecule has 6 atom stereocenters. The van der Waals surface area contributed by atoms with E-state index in [2.05, 4.69) is 15.0 Å². The molecule has 0 bridgehead atoms. The van der Waals surface area contributed by atoms with Gasteiger partial charge in [0.25, 0.3) is 0 Å². The fourth-order valence-electron chi connectivity index (χ4n) is 3.15. The van der Waals surface area contributed by atoms with Crippen LogP contribution in [0.5, 0.6) is 0 Å². The zero-order valence-corrected chi connectivity index (χ0v) is 17.2. The highest BCUT2D eigenvalue weighted by Gasteiger charge is 2.54. The van der Waals surface area contributed by atoms with Crippen molar-refractivity contribution in [1.82, 2.24) is 19.5 Å². The number of halogens is 2. The number of nitrogens with zero attached hydrogens (tertiary/aromatic N) is 4. The maximum Gasteiger partial charge on any atom is 0.475 e. The van der Waals surface area contributed by atoms with Crippen molar-refractivity contribution in [2.24, 2.45) is 5.92 Å². The average molecular weight is 466 g/mol. The number of alkyl halides is 1. The number of carboxylic acids is 1. The second kappa shape index (κ2) is 7.98.